The zero-order chi connectivity index (χ0) is 11.9. The van der Waals surface area contributed by atoms with E-state index in [1.807, 2.05) is 24.8 Å². The number of carbonyl (C=O) groups excluding carboxylic acids is 1. The van der Waals surface area contributed by atoms with Crippen molar-refractivity contribution in [3.05, 3.63) is 23.4 Å². The van der Waals surface area contributed by atoms with Gasteiger partial charge >= 0.3 is 0 Å². The minimum Gasteiger partial charge on any atom is -0.301 e. The zero-order valence-electron chi connectivity index (χ0n) is 9.56. The van der Waals surface area contributed by atoms with Crippen LogP contribution in [0.1, 0.15) is 13.8 Å². The summed E-state index contributed by atoms with van der Waals surface area (Å²) in [6, 6.07) is -0.0621. The molecule has 2 heterocycles. The lowest BCUT2D eigenvalue weighted by Crippen LogP contribution is -2.67. The molecular weight excluding hydrogens is 239 g/mol. The van der Waals surface area contributed by atoms with Crippen LogP contribution in [0.5, 0.6) is 0 Å². The first kappa shape index (κ1) is 12.0. The molecule has 0 aromatic rings. The number of nitrogens with zero attached hydrogens (tertiary/aromatic N) is 1. The first-order chi connectivity index (χ1) is 7.61. The van der Waals surface area contributed by atoms with E-state index in [4.69, 9.17) is 0 Å². The van der Waals surface area contributed by atoms with E-state index in [9.17, 15) is 4.79 Å². The van der Waals surface area contributed by atoms with Gasteiger partial charge in [0.1, 0.15) is 11.4 Å². The number of rotatable bonds is 2. The summed E-state index contributed by atoms with van der Waals surface area (Å²) in [7, 11) is 2.42. The Labute approximate surface area is 101 Å². The third-order valence-corrected chi connectivity index (χ3v) is 5.31. The molecule has 4 unspecified atom stereocenters. The van der Waals surface area contributed by atoms with Crippen LogP contribution in [0.2, 0.25) is 0 Å². The second-order valence-electron chi connectivity index (χ2n) is 4.04. The van der Waals surface area contributed by atoms with Gasteiger partial charge in [-0.15, -0.1) is 0 Å². The van der Waals surface area contributed by atoms with Gasteiger partial charge in [-0.3, -0.25) is 9.88 Å². The van der Waals surface area contributed by atoms with Crippen LogP contribution in [0.15, 0.2) is 23.4 Å². The van der Waals surface area contributed by atoms with Gasteiger partial charge < -0.3 is 4.90 Å². The summed E-state index contributed by atoms with van der Waals surface area (Å²) < 4.78 is 0. The number of carbonyl (C=O) groups is 1. The Morgan fingerprint density at radius 2 is 2.38 bits per heavy atom. The van der Waals surface area contributed by atoms with Gasteiger partial charge in [-0.2, -0.15) is 10.5 Å². The smallest absolute Gasteiger partial charge is 0.248 e. The molecular formula is C11H17N2OPS. The Kier molecular flexibility index (Phi) is 3.34. The Hall–Kier alpha value is -0.440. The molecule has 2 aliphatic rings. The highest BCUT2D eigenvalue weighted by Crippen LogP contribution is 2.43. The molecule has 0 saturated carbocycles. The van der Waals surface area contributed by atoms with Gasteiger partial charge in [0.05, 0.1) is 0 Å². The second kappa shape index (κ2) is 4.44. The average molecular weight is 256 g/mol. The summed E-state index contributed by atoms with van der Waals surface area (Å²) in [5.41, 5.74) is 2.34. The summed E-state index contributed by atoms with van der Waals surface area (Å²) in [6.07, 6.45) is 4.11. The van der Waals surface area contributed by atoms with Gasteiger partial charge in [-0.1, -0.05) is 27.4 Å². The van der Waals surface area contributed by atoms with Crippen LogP contribution in [-0.4, -0.2) is 33.8 Å². The first-order valence-corrected chi connectivity index (χ1v) is 7.43. The molecule has 0 radical (unpaired) electrons. The number of nitrogens with one attached hydrogen (secondary N) is 1. The lowest BCUT2D eigenvalue weighted by molar-refractivity contribution is -0.141. The molecule has 2 aliphatic heterocycles. The molecule has 1 N–H and O–H groups in total. The van der Waals surface area contributed by atoms with Crippen LogP contribution in [0, 0.1) is 0 Å². The number of hydrogen-bond donors (Lipinski definition) is 1. The Morgan fingerprint density at radius 1 is 1.69 bits per heavy atom. The fraction of sp³-hybridized carbons (Fsp3) is 0.455. The summed E-state index contributed by atoms with van der Waals surface area (Å²) >= 11 is 0. The molecule has 1 saturated heterocycles. The van der Waals surface area contributed by atoms with Crippen molar-refractivity contribution in [2.45, 2.75) is 25.3 Å². The van der Waals surface area contributed by atoms with Crippen LogP contribution < -0.4 is 5.09 Å². The second-order valence-corrected chi connectivity index (χ2v) is 6.22. The van der Waals surface area contributed by atoms with Crippen LogP contribution in [-0.2, 0) is 4.79 Å². The molecule has 16 heavy (non-hydrogen) atoms. The largest absolute Gasteiger partial charge is 0.301 e. The molecule has 88 valence electrons. The van der Waals surface area contributed by atoms with E-state index >= 15 is 0 Å². The summed E-state index contributed by atoms with van der Waals surface area (Å²) in [6.45, 7) is 4.02. The van der Waals surface area contributed by atoms with Crippen molar-refractivity contribution in [3.63, 3.8) is 0 Å². The molecule has 0 bridgehead atoms. The topological polar surface area (TPSA) is 32.3 Å². The van der Waals surface area contributed by atoms with Gasteiger partial charge in [-0.05, 0) is 19.4 Å². The standard InChI is InChI=1S/C11H17N2OPS/c1-4-5-8-6-16(3)11-9(12-15)10(14)13(11)7(8)2/h4-5,9,11-12H,3,6,15H2,1-2H3. The number of fused-ring (bicyclic) bond motifs is 1. The van der Waals surface area contributed by atoms with E-state index in [0.717, 1.165) is 11.4 Å². The first-order valence-electron chi connectivity index (χ1n) is 5.22. The van der Waals surface area contributed by atoms with Crippen molar-refractivity contribution in [3.8, 4) is 0 Å². The molecule has 0 aromatic heterocycles. The summed E-state index contributed by atoms with van der Waals surface area (Å²) in [4.78, 5) is 13.8. The van der Waals surface area contributed by atoms with Crippen LogP contribution in [0.4, 0.5) is 0 Å². The molecule has 5 heteroatoms. The molecule has 0 spiro atoms. The predicted molar refractivity (Wildman–Crippen MR) is 74.4 cm³/mol. The minimum absolute atomic E-state index is 0.0110. The van der Waals surface area contributed by atoms with Crippen molar-refractivity contribution >= 4 is 31.7 Å². The molecule has 2 rings (SSSR count). The lowest BCUT2D eigenvalue weighted by Gasteiger charge is -2.51. The Balaban J connectivity index is 2.35. The highest BCUT2D eigenvalue weighted by Gasteiger charge is 2.50. The highest BCUT2D eigenvalue weighted by molar-refractivity contribution is 8.15. The van der Waals surface area contributed by atoms with Gasteiger partial charge in [0.25, 0.3) is 0 Å². The SMILES string of the molecule is C=S1CC(C=CC)=C(C)N2C(=O)C(NP)C21. The van der Waals surface area contributed by atoms with Crippen molar-refractivity contribution in [1.29, 1.82) is 0 Å². The summed E-state index contributed by atoms with van der Waals surface area (Å²) in [5, 5.41) is 3.25. The minimum atomic E-state index is -0.0621. The number of amides is 1. The van der Waals surface area contributed by atoms with E-state index in [-0.39, 0.29) is 27.8 Å². The van der Waals surface area contributed by atoms with Crippen LogP contribution >= 0.6 is 19.9 Å². The Bertz CT molecular complexity index is 416. The molecule has 3 nitrogen and oxygen atoms in total. The molecule has 4 atom stereocenters. The maximum atomic E-state index is 11.9. The molecule has 1 fully saturated rings. The zero-order valence-corrected chi connectivity index (χ0v) is 11.5. The third kappa shape index (κ3) is 1.60. The van der Waals surface area contributed by atoms with E-state index in [1.165, 1.54) is 5.57 Å². The fourth-order valence-electron chi connectivity index (χ4n) is 2.23. The van der Waals surface area contributed by atoms with Gasteiger partial charge in [0.15, 0.2) is 0 Å². The van der Waals surface area contributed by atoms with Crippen LogP contribution in [0.25, 0.3) is 0 Å². The van der Waals surface area contributed by atoms with Crippen LogP contribution in [0.3, 0.4) is 0 Å². The van der Waals surface area contributed by atoms with Crippen molar-refractivity contribution in [1.82, 2.24) is 9.99 Å². The third-order valence-electron chi connectivity index (χ3n) is 3.10. The van der Waals surface area contributed by atoms with Gasteiger partial charge in [0.2, 0.25) is 5.91 Å². The van der Waals surface area contributed by atoms with E-state index < -0.39 is 0 Å². The van der Waals surface area contributed by atoms with E-state index in [1.54, 1.807) is 0 Å². The fourth-order valence-corrected chi connectivity index (χ4v) is 4.71. The molecule has 1 amide bonds. The van der Waals surface area contributed by atoms with Crippen molar-refractivity contribution < 1.29 is 4.79 Å². The van der Waals surface area contributed by atoms with Crippen molar-refractivity contribution in [2.24, 2.45) is 0 Å². The number of β-lactam (4-membered cyclic amide) rings is 1. The number of hydrogen-bond acceptors (Lipinski definition) is 2. The average Bonchev–Trinajstić information content (AvgIpc) is 2.24. The maximum Gasteiger partial charge on any atom is 0.248 e. The molecule has 0 aliphatic carbocycles. The predicted octanol–water partition coefficient (Wildman–Crippen LogP) is 1.47. The highest BCUT2D eigenvalue weighted by atomic mass is 32.2. The number of allylic oxidation sites excluding steroid dienone is 3. The summed E-state index contributed by atoms with van der Waals surface area (Å²) in [5.74, 6) is 5.34. The normalized spacial score (nSPS) is 34.3. The quantitative estimate of drug-likeness (QED) is 0.461. The Morgan fingerprint density at radius 3 is 2.94 bits per heavy atom. The van der Waals surface area contributed by atoms with Gasteiger partial charge in [0, 0.05) is 11.4 Å². The van der Waals surface area contributed by atoms with Gasteiger partial charge in [-0.25, -0.2) is 0 Å². The molecule has 0 aromatic carbocycles. The monoisotopic (exact) mass is 256 g/mol. The lowest BCUT2D eigenvalue weighted by atomic mass is 10.0. The van der Waals surface area contributed by atoms with E-state index in [2.05, 4.69) is 26.4 Å². The van der Waals surface area contributed by atoms with Crippen molar-refractivity contribution in [2.75, 3.05) is 5.75 Å². The maximum absolute atomic E-state index is 11.9. The van der Waals surface area contributed by atoms with E-state index in [0.29, 0.717) is 0 Å².